The lowest BCUT2D eigenvalue weighted by atomic mass is 9.95. The number of nitriles is 1. The summed E-state index contributed by atoms with van der Waals surface area (Å²) in [6, 6.07) is 10.4. The molecule has 0 spiro atoms. The van der Waals surface area contributed by atoms with Crippen LogP contribution in [-0.2, 0) is 14.3 Å². The SMILES string of the molecule is CCOC(=O)C1=C(C)NC(=O)N[C@H]1c1ccc(OCC(=O)N/N=C\c2ccc(OCC#N)c(OC)c2)c(OC)c1. The molecule has 0 fully saturated rings. The van der Waals surface area contributed by atoms with Crippen molar-refractivity contribution in [2.75, 3.05) is 34.0 Å². The van der Waals surface area contributed by atoms with Crippen molar-refractivity contribution in [3.8, 4) is 29.1 Å². The maximum absolute atomic E-state index is 12.6. The Morgan fingerprint density at radius 2 is 1.77 bits per heavy atom. The molecular weight excluding hydrogens is 522 g/mol. The fourth-order valence-corrected chi connectivity index (χ4v) is 3.75. The number of rotatable bonds is 12. The Morgan fingerprint density at radius 3 is 2.48 bits per heavy atom. The van der Waals surface area contributed by atoms with E-state index in [1.807, 2.05) is 6.07 Å². The summed E-state index contributed by atoms with van der Waals surface area (Å²) in [5.74, 6) is 0.278. The first-order valence-corrected chi connectivity index (χ1v) is 12.1. The van der Waals surface area contributed by atoms with Gasteiger partial charge in [0.25, 0.3) is 5.91 Å². The van der Waals surface area contributed by atoms with Gasteiger partial charge in [-0.15, -0.1) is 0 Å². The van der Waals surface area contributed by atoms with Crippen molar-refractivity contribution in [2.24, 2.45) is 5.10 Å². The predicted molar refractivity (Wildman–Crippen MR) is 142 cm³/mol. The van der Waals surface area contributed by atoms with Crippen LogP contribution in [0.4, 0.5) is 4.79 Å². The summed E-state index contributed by atoms with van der Waals surface area (Å²) in [6.07, 6.45) is 1.41. The number of hydrogen-bond donors (Lipinski definition) is 3. The zero-order valence-corrected chi connectivity index (χ0v) is 22.4. The molecule has 1 heterocycles. The largest absolute Gasteiger partial charge is 0.493 e. The third-order valence-corrected chi connectivity index (χ3v) is 5.53. The molecule has 210 valence electrons. The molecule has 1 aliphatic heterocycles. The van der Waals surface area contributed by atoms with Gasteiger partial charge < -0.3 is 34.3 Å². The Labute approximate surface area is 230 Å². The molecule has 2 aromatic rings. The Kier molecular flexibility index (Phi) is 10.3. The third-order valence-electron chi connectivity index (χ3n) is 5.53. The van der Waals surface area contributed by atoms with Gasteiger partial charge in [-0.05, 0) is 55.3 Å². The topological polar surface area (TPSA) is 170 Å². The highest BCUT2D eigenvalue weighted by atomic mass is 16.5. The lowest BCUT2D eigenvalue weighted by Gasteiger charge is -2.28. The van der Waals surface area contributed by atoms with Crippen molar-refractivity contribution in [3.05, 3.63) is 58.8 Å². The summed E-state index contributed by atoms with van der Waals surface area (Å²) in [5, 5.41) is 17.9. The van der Waals surface area contributed by atoms with E-state index < -0.39 is 23.9 Å². The van der Waals surface area contributed by atoms with E-state index in [0.29, 0.717) is 28.3 Å². The van der Waals surface area contributed by atoms with Crippen LogP contribution in [0, 0.1) is 11.3 Å². The summed E-state index contributed by atoms with van der Waals surface area (Å²) in [7, 11) is 2.89. The van der Waals surface area contributed by atoms with Crippen molar-refractivity contribution in [1.29, 1.82) is 5.26 Å². The Morgan fingerprint density at radius 1 is 1.07 bits per heavy atom. The molecule has 0 saturated heterocycles. The lowest BCUT2D eigenvalue weighted by Crippen LogP contribution is -2.45. The number of nitrogens with zero attached hydrogens (tertiary/aromatic N) is 2. The molecule has 40 heavy (non-hydrogen) atoms. The van der Waals surface area contributed by atoms with E-state index in [2.05, 4.69) is 21.2 Å². The van der Waals surface area contributed by atoms with E-state index >= 15 is 0 Å². The van der Waals surface area contributed by atoms with Crippen LogP contribution in [-0.4, -0.2) is 58.2 Å². The Bertz CT molecular complexity index is 1370. The number of esters is 1. The fraction of sp³-hybridized carbons (Fsp3) is 0.296. The summed E-state index contributed by atoms with van der Waals surface area (Å²) in [4.78, 5) is 36.9. The number of carbonyl (C=O) groups excluding carboxylic acids is 3. The molecule has 0 bridgehead atoms. The quantitative estimate of drug-likeness (QED) is 0.204. The van der Waals surface area contributed by atoms with Crippen LogP contribution in [0.1, 0.15) is 31.0 Å². The van der Waals surface area contributed by atoms with Crippen LogP contribution in [0.25, 0.3) is 0 Å². The van der Waals surface area contributed by atoms with Crippen LogP contribution in [0.2, 0.25) is 0 Å². The molecule has 3 N–H and O–H groups in total. The molecule has 1 atom stereocenters. The number of methoxy groups -OCH3 is 2. The predicted octanol–water partition coefficient (Wildman–Crippen LogP) is 2.33. The van der Waals surface area contributed by atoms with Gasteiger partial charge in [0.1, 0.15) is 6.07 Å². The number of benzene rings is 2. The number of hydrogen-bond acceptors (Lipinski definition) is 10. The zero-order chi connectivity index (χ0) is 29.1. The van der Waals surface area contributed by atoms with E-state index in [4.69, 9.17) is 28.9 Å². The van der Waals surface area contributed by atoms with E-state index in [0.717, 1.165) is 0 Å². The van der Waals surface area contributed by atoms with E-state index in [1.54, 1.807) is 50.2 Å². The van der Waals surface area contributed by atoms with E-state index in [1.165, 1.54) is 20.4 Å². The molecule has 0 aromatic heterocycles. The second-order valence-electron chi connectivity index (χ2n) is 8.14. The summed E-state index contributed by atoms with van der Waals surface area (Å²) >= 11 is 0. The van der Waals surface area contributed by atoms with E-state index in [9.17, 15) is 14.4 Å². The van der Waals surface area contributed by atoms with Gasteiger partial charge in [0.15, 0.2) is 36.2 Å². The van der Waals surface area contributed by atoms with Gasteiger partial charge in [-0.1, -0.05) is 6.07 Å². The lowest BCUT2D eigenvalue weighted by molar-refractivity contribution is -0.139. The van der Waals surface area contributed by atoms with Crippen molar-refractivity contribution in [3.63, 3.8) is 0 Å². The first-order chi connectivity index (χ1) is 19.3. The second kappa shape index (κ2) is 14.1. The molecule has 3 rings (SSSR count). The first kappa shape index (κ1) is 29.3. The maximum Gasteiger partial charge on any atom is 0.338 e. The van der Waals surface area contributed by atoms with Crippen LogP contribution < -0.4 is 35.0 Å². The van der Waals surface area contributed by atoms with Crippen molar-refractivity contribution < 1.29 is 38.1 Å². The molecule has 13 nitrogen and oxygen atoms in total. The summed E-state index contributed by atoms with van der Waals surface area (Å²) < 4.78 is 26.7. The van der Waals surface area contributed by atoms with Crippen LogP contribution >= 0.6 is 0 Å². The average Bonchev–Trinajstić information content (AvgIpc) is 2.94. The highest BCUT2D eigenvalue weighted by Gasteiger charge is 2.32. The molecular formula is C27H29N5O8. The molecule has 0 aliphatic carbocycles. The fourth-order valence-electron chi connectivity index (χ4n) is 3.75. The van der Waals surface area contributed by atoms with Gasteiger partial charge in [-0.25, -0.2) is 15.0 Å². The third kappa shape index (κ3) is 7.41. The van der Waals surface area contributed by atoms with Crippen LogP contribution in [0.15, 0.2) is 52.8 Å². The molecule has 0 saturated carbocycles. The van der Waals surface area contributed by atoms with Gasteiger partial charge in [0.05, 0.1) is 38.7 Å². The summed E-state index contributed by atoms with van der Waals surface area (Å²) in [6.45, 7) is 3.00. The van der Waals surface area contributed by atoms with Crippen molar-refractivity contribution in [2.45, 2.75) is 19.9 Å². The van der Waals surface area contributed by atoms with Gasteiger partial charge in [-0.2, -0.15) is 10.4 Å². The monoisotopic (exact) mass is 551 g/mol. The summed E-state index contributed by atoms with van der Waals surface area (Å²) in [5.41, 5.74) is 4.18. The van der Waals surface area contributed by atoms with Gasteiger partial charge in [0, 0.05) is 5.70 Å². The van der Waals surface area contributed by atoms with E-state index in [-0.39, 0.29) is 36.9 Å². The number of urea groups is 1. The van der Waals surface area contributed by atoms with Crippen LogP contribution in [0.5, 0.6) is 23.0 Å². The first-order valence-electron chi connectivity index (χ1n) is 12.1. The number of nitrogens with one attached hydrogen (secondary N) is 3. The molecule has 1 aliphatic rings. The number of ether oxygens (including phenoxy) is 5. The number of amides is 3. The Hall–Kier alpha value is -5.25. The van der Waals surface area contributed by atoms with Crippen molar-refractivity contribution >= 4 is 24.1 Å². The molecule has 0 radical (unpaired) electrons. The molecule has 0 unspecified atom stereocenters. The van der Waals surface area contributed by atoms with Gasteiger partial charge >= 0.3 is 12.0 Å². The standard InChI is InChI=1S/C27H29N5O8/c1-5-38-26(34)24-16(2)30-27(35)31-25(24)18-7-9-20(22(13-18)37-4)40-15-23(33)32-29-14-17-6-8-19(39-11-10-28)21(12-17)36-3/h6-9,12-14,25H,5,11,15H2,1-4H3,(H,32,33)(H2,30,31,35)/b29-14-/t25-/m0/s1. The van der Waals surface area contributed by atoms with Gasteiger partial charge in [0.2, 0.25) is 0 Å². The minimum absolute atomic E-state index is 0.118. The average molecular weight is 552 g/mol. The molecule has 2 aromatic carbocycles. The zero-order valence-electron chi connectivity index (χ0n) is 22.4. The highest BCUT2D eigenvalue weighted by molar-refractivity contribution is 5.95. The second-order valence-corrected chi connectivity index (χ2v) is 8.14. The smallest absolute Gasteiger partial charge is 0.338 e. The van der Waals surface area contributed by atoms with Gasteiger partial charge in [-0.3, -0.25) is 4.79 Å². The normalized spacial score (nSPS) is 14.5. The minimum Gasteiger partial charge on any atom is -0.493 e. The maximum atomic E-state index is 12.6. The van der Waals surface area contributed by atoms with Crippen molar-refractivity contribution in [1.82, 2.24) is 16.1 Å². The minimum atomic E-state index is -0.779. The highest BCUT2D eigenvalue weighted by Crippen LogP contribution is 2.34. The van der Waals surface area contributed by atoms with Crippen LogP contribution in [0.3, 0.4) is 0 Å². The Balaban J connectivity index is 1.65. The molecule has 3 amide bonds. The molecule has 13 heteroatoms. The number of allylic oxidation sites excluding steroid dienone is 1. The number of hydrazone groups is 1. The number of carbonyl (C=O) groups is 3.